The van der Waals surface area contributed by atoms with Crippen LogP contribution in [0.1, 0.15) is 5.56 Å². The van der Waals surface area contributed by atoms with Crippen LogP contribution < -0.4 is 0 Å². The second-order valence-electron chi connectivity index (χ2n) is 3.74. The molecule has 0 atom stereocenters. The van der Waals surface area contributed by atoms with Crippen molar-refractivity contribution < 1.29 is 13.3 Å². The van der Waals surface area contributed by atoms with Crippen molar-refractivity contribution in [1.29, 1.82) is 0 Å². The van der Waals surface area contributed by atoms with E-state index in [0.717, 1.165) is 11.3 Å². The molecule has 0 saturated carbocycles. The number of rotatable bonds is 3. The van der Waals surface area contributed by atoms with Crippen molar-refractivity contribution in [1.82, 2.24) is 0 Å². The van der Waals surface area contributed by atoms with Crippen molar-refractivity contribution in [2.24, 2.45) is 0 Å². The molecule has 0 saturated heterocycles. The van der Waals surface area contributed by atoms with Crippen molar-refractivity contribution in [3.05, 3.63) is 50.3 Å². The van der Waals surface area contributed by atoms with Gasteiger partial charge in [0, 0.05) is 10.4 Å². The van der Waals surface area contributed by atoms with E-state index in [1.54, 1.807) is 0 Å². The minimum Gasteiger partial charge on any atom is -0.258 e. The van der Waals surface area contributed by atoms with Gasteiger partial charge in [-0.05, 0) is 31.2 Å². The van der Waals surface area contributed by atoms with E-state index in [1.807, 2.05) is 0 Å². The Bertz CT molecular complexity index is 735. The van der Waals surface area contributed by atoms with Crippen LogP contribution in [-0.2, 0) is 9.84 Å². The minimum absolute atomic E-state index is 0.0356. The molecule has 19 heavy (non-hydrogen) atoms. The average molecular weight is 318 g/mol. The van der Waals surface area contributed by atoms with Gasteiger partial charge in [0.25, 0.3) is 0 Å². The molecule has 5 nitrogen and oxygen atoms in total. The Morgan fingerprint density at radius 2 is 1.84 bits per heavy atom. The highest BCUT2D eigenvalue weighted by Gasteiger charge is 2.27. The zero-order chi connectivity index (χ0) is 14.2. The number of hydrogen-bond acceptors (Lipinski definition) is 5. The standard InChI is InChI=1S/C11H8ClNO4S2/c1-7-10(6-18-11(7)13(14)15)19(16,17)9-4-2-8(12)3-5-9/h2-6H,1H3. The Labute approximate surface area is 118 Å². The summed E-state index contributed by atoms with van der Waals surface area (Å²) >= 11 is 6.51. The first-order valence-electron chi connectivity index (χ1n) is 5.07. The minimum atomic E-state index is -3.75. The molecule has 0 spiro atoms. The molecule has 2 rings (SSSR count). The van der Waals surface area contributed by atoms with Gasteiger partial charge in [0.1, 0.15) is 0 Å². The smallest absolute Gasteiger partial charge is 0.258 e. The molecular formula is C11H8ClNO4S2. The van der Waals surface area contributed by atoms with Crippen LogP contribution in [0.3, 0.4) is 0 Å². The van der Waals surface area contributed by atoms with E-state index >= 15 is 0 Å². The monoisotopic (exact) mass is 317 g/mol. The molecule has 1 aromatic heterocycles. The highest BCUT2D eigenvalue weighted by Crippen LogP contribution is 2.35. The molecule has 0 N–H and O–H groups in total. The maximum atomic E-state index is 12.3. The van der Waals surface area contributed by atoms with E-state index in [9.17, 15) is 18.5 Å². The van der Waals surface area contributed by atoms with Crippen LogP contribution in [0.2, 0.25) is 5.02 Å². The number of nitro groups is 1. The Kier molecular flexibility index (Phi) is 3.62. The molecule has 100 valence electrons. The van der Waals surface area contributed by atoms with Gasteiger partial charge in [-0.1, -0.05) is 22.9 Å². The van der Waals surface area contributed by atoms with Crippen molar-refractivity contribution in [2.75, 3.05) is 0 Å². The molecule has 0 aliphatic carbocycles. The Hall–Kier alpha value is -1.44. The molecule has 0 aliphatic heterocycles. The lowest BCUT2D eigenvalue weighted by atomic mass is 10.4. The number of nitrogens with zero attached hydrogens (tertiary/aromatic N) is 1. The van der Waals surface area contributed by atoms with Gasteiger partial charge in [-0.15, -0.1) is 0 Å². The summed E-state index contributed by atoms with van der Waals surface area (Å²) in [6.45, 7) is 1.43. The lowest BCUT2D eigenvalue weighted by Crippen LogP contribution is -2.02. The Morgan fingerprint density at radius 1 is 1.26 bits per heavy atom. The van der Waals surface area contributed by atoms with E-state index in [-0.39, 0.29) is 20.4 Å². The second-order valence-corrected chi connectivity index (χ2v) is 6.96. The lowest BCUT2D eigenvalue weighted by Gasteiger charge is -2.03. The highest BCUT2D eigenvalue weighted by molar-refractivity contribution is 7.91. The normalized spacial score (nSPS) is 11.5. The predicted octanol–water partition coefficient (Wildman–Crippen LogP) is 3.45. The van der Waals surface area contributed by atoms with Gasteiger partial charge in [-0.3, -0.25) is 10.1 Å². The third-order valence-electron chi connectivity index (χ3n) is 2.55. The van der Waals surface area contributed by atoms with Gasteiger partial charge in [0.05, 0.1) is 20.3 Å². The van der Waals surface area contributed by atoms with Crippen molar-refractivity contribution in [2.45, 2.75) is 16.7 Å². The fraction of sp³-hybridized carbons (Fsp3) is 0.0909. The van der Waals surface area contributed by atoms with Gasteiger partial charge in [0.15, 0.2) is 0 Å². The molecule has 0 aliphatic rings. The van der Waals surface area contributed by atoms with Crippen LogP contribution in [0.4, 0.5) is 5.00 Å². The Balaban J connectivity index is 2.57. The summed E-state index contributed by atoms with van der Waals surface area (Å²) in [5.41, 5.74) is 0.157. The highest BCUT2D eigenvalue weighted by atomic mass is 35.5. The van der Waals surface area contributed by atoms with E-state index in [4.69, 9.17) is 11.6 Å². The number of sulfone groups is 1. The molecule has 0 amide bonds. The fourth-order valence-electron chi connectivity index (χ4n) is 1.58. The molecule has 0 radical (unpaired) electrons. The van der Waals surface area contributed by atoms with E-state index in [0.29, 0.717) is 5.02 Å². The number of halogens is 1. The molecule has 1 heterocycles. The first kappa shape index (κ1) is 14.0. The van der Waals surface area contributed by atoms with Crippen molar-refractivity contribution in [3.63, 3.8) is 0 Å². The van der Waals surface area contributed by atoms with Gasteiger partial charge in [0.2, 0.25) is 9.84 Å². The van der Waals surface area contributed by atoms with Crippen molar-refractivity contribution >= 4 is 37.8 Å². The summed E-state index contributed by atoms with van der Waals surface area (Å²) in [7, 11) is -3.75. The summed E-state index contributed by atoms with van der Waals surface area (Å²) in [5.74, 6) is 0. The Morgan fingerprint density at radius 3 is 2.32 bits per heavy atom. The quantitative estimate of drug-likeness (QED) is 0.641. The summed E-state index contributed by atoms with van der Waals surface area (Å²) in [6.07, 6.45) is 0. The molecule has 0 unspecified atom stereocenters. The molecular weight excluding hydrogens is 310 g/mol. The van der Waals surface area contributed by atoms with Gasteiger partial charge in [-0.2, -0.15) is 0 Å². The zero-order valence-corrected chi connectivity index (χ0v) is 12.1. The molecule has 8 heteroatoms. The maximum absolute atomic E-state index is 12.3. The summed E-state index contributed by atoms with van der Waals surface area (Å²) < 4.78 is 24.7. The molecule has 0 fully saturated rings. The maximum Gasteiger partial charge on any atom is 0.328 e. The summed E-state index contributed by atoms with van der Waals surface area (Å²) in [4.78, 5) is 10.2. The first-order chi connectivity index (χ1) is 8.84. The second kappa shape index (κ2) is 4.92. The van der Waals surface area contributed by atoms with Crippen LogP contribution in [0.25, 0.3) is 0 Å². The summed E-state index contributed by atoms with van der Waals surface area (Å²) in [5, 5.41) is 12.3. The fourth-order valence-corrected chi connectivity index (χ4v) is 4.44. The molecule has 0 bridgehead atoms. The van der Waals surface area contributed by atoms with Crippen LogP contribution in [0.5, 0.6) is 0 Å². The van der Waals surface area contributed by atoms with Crippen molar-refractivity contribution in [3.8, 4) is 0 Å². The number of hydrogen-bond donors (Lipinski definition) is 0. The van der Waals surface area contributed by atoms with Crippen LogP contribution in [0, 0.1) is 17.0 Å². The van der Waals surface area contributed by atoms with Gasteiger partial charge >= 0.3 is 5.00 Å². The van der Waals surface area contributed by atoms with Gasteiger partial charge in [-0.25, -0.2) is 8.42 Å². The molecule has 1 aromatic carbocycles. The average Bonchev–Trinajstić information content (AvgIpc) is 2.72. The van der Waals surface area contributed by atoms with Gasteiger partial charge < -0.3 is 0 Å². The predicted molar refractivity (Wildman–Crippen MR) is 72.6 cm³/mol. The SMILES string of the molecule is Cc1c(S(=O)(=O)c2ccc(Cl)cc2)csc1[N+](=O)[O-]. The lowest BCUT2D eigenvalue weighted by molar-refractivity contribution is -0.380. The van der Waals surface area contributed by atoms with Crippen LogP contribution in [0.15, 0.2) is 39.4 Å². The van der Waals surface area contributed by atoms with Crippen LogP contribution in [-0.4, -0.2) is 13.3 Å². The number of thiophene rings is 1. The zero-order valence-electron chi connectivity index (χ0n) is 9.66. The number of benzene rings is 1. The van der Waals surface area contributed by atoms with E-state index in [1.165, 1.54) is 36.6 Å². The third-order valence-corrected chi connectivity index (χ3v) is 5.88. The van der Waals surface area contributed by atoms with E-state index in [2.05, 4.69) is 0 Å². The third kappa shape index (κ3) is 2.49. The first-order valence-corrected chi connectivity index (χ1v) is 7.81. The topological polar surface area (TPSA) is 77.3 Å². The summed E-state index contributed by atoms with van der Waals surface area (Å²) in [6, 6.07) is 5.68. The van der Waals surface area contributed by atoms with E-state index < -0.39 is 14.8 Å². The largest absolute Gasteiger partial charge is 0.328 e. The van der Waals surface area contributed by atoms with Crippen LogP contribution >= 0.6 is 22.9 Å². The molecule has 2 aromatic rings.